The maximum absolute atomic E-state index is 5.70. The molecule has 20 heavy (non-hydrogen) atoms. The van der Waals surface area contributed by atoms with Gasteiger partial charge in [0.2, 0.25) is 0 Å². The van der Waals surface area contributed by atoms with Gasteiger partial charge in [0.15, 0.2) is 0 Å². The highest BCUT2D eigenvalue weighted by atomic mass is 16.5. The molecular weight excluding hydrogens is 252 g/mol. The first-order valence-corrected chi connectivity index (χ1v) is 6.77. The van der Waals surface area contributed by atoms with E-state index in [0.717, 1.165) is 35.8 Å². The van der Waals surface area contributed by atoms with Crippen molar-refractivity contribution in [3.05, 3.63) is 48.2 Å². The largest absolute Gasteiger partial charge is 0.497 e. The zero-order valence-electron chi connectivity index (χ0n) is 11.9. The molecule has 0 aliphatic carbocycles. The van der Waals surface area contributed by atoms with E-state index in [1.54, 1.807) is 7.11 Å². The van der Waals surface area contributed by atoms with E-state index in [1.807, 2.05) is 42.6 Å². The predicted octanol–water partition coefficient (Wildman–Crippen LogP) is 3.49. The first kappa shape index (κ1) is 14.2. The third-order valence-electron chi connectivity index (χ3n) is 2.85. The number of nitrogens with one attached hydrogen (secondary N) is 1. The Morgan fingerprint density at radius 3 is 2.40 bits per heavy atom. The summed E-state index contributed by atoms with van der Waals surface area (Å²) in [5, 5.41) is 3.24. The summed E-state index contributed by atoms with van der Waals surface area (Å²) in [5.41, 5.74) is 1.04. The second-order valence-electron chi connectivity index (χ2n) is 4.44. The topological polar surface area (TPSA) is 43.4 Å². The maximum atomic E-state index is 5.70. The van der Waals surface area contributed by atoms with E-state index in [9.17, 15) is 0 Å². The van der Waals surface area contributed by atoms with Crippen LogP contribution in [-0.2, 0) is 6.61 Å². The molecule has 0 spiro atoms. The van der Waals surface area contributed by atoms with Crippen LogP contribution in [-0.4, -0.2) is 18.6 Å². The van der Waals surface area contributed by atoms with Gasteiger partial charge in [-0.2, -0.15) is 0 Å². The standard InChI is InChI=1S/C16H20N2O2/c1-3-10-17-16-9-4-13(11-18-16)12-20-15-7-5-14(19-2)6-8-15/h4-9,11H,3,10,12H2,1-2H3,(H,17,18). The lowest BCUT2D eigenvalue weighted by Crippen LogP contribution is -2.02. The molecule has 0 fully saturated rings. The van der Waals surface area contributed by atoms with Crippen LogP contribution in [0.2, 0.25) is 0 Å². The minimum Gasteiger partial charge on any atom is -0.497 e. The van der Waals surface area contributed by atoms with Crippen molar-refractivity contribution in [3.8, 4) is 11.5 Å². The first-order chi connectivity index (χ1) is 9.81. The van der Waals surface area contributed by atoms with Crippen molar-refractivity contribution in [2.45, 2.75) is 20.0 Å². The van der Waals surface area contributed by atoms with Crippen molar-refractivity contribution in [1.29, 1.82) is 0 Å². The number of ether oxygens (including phenoxy) is 2. The van der Waals surface area contributed by atoms with Crippen LogP contribution in [0.5, 0.6) is 11.5 Å². The van der Waals surface area contributed by atoms with Gasteiger partial charge in [-0.25, -0.2) is 4.98 Å². The Balaban J connectivity index is 1.86. The van der Waals surface area contributed by atoms with Gasteiger partial charge in [0.05, 0.1) is 7.11 Å². The van der Waals surface area contributed by atoms with Crippen LogP contribution in [0, 0.1) is 0 Å². The summed E-state index contributed by atoms with van der Waals surface area (Å²) in [6.07, 6.45) is 2.92. The highest BCUT2D eigenvalue weighted by molar-refractivity contribution is 5.35. The van der Waals surface area contributed by atoms with Crippen molar-refractivity contribution in [3.63, 3.8) is 0 Å². The van der Waals surface area contributed by atoms with E-state index in [2.05, 4.69) is 17.2 Å². The van der Waals surface area contributed by atoms with Crippen molar-refractivity contribution >= 4 is 5.82 Å². The average molecular weight is 272 g/mol. The van der Waals surface area contributed by atoms with Crippen molar-refractivity contribution in [2.75, 3.05) is 19.0 Å². The second-order valence-corrected chi connectivity index (χ2v) is 4.44. The minimum atomic E-state index is 0.507. The molecule has 4 heteroatoms. The van der Waals surface area contributed by atoms with Gasteiger partial charge in [-0.1, -0.05) is 13.0 Å². The summed E-state index contributed by atoms with van der Waals surface area (Å²) in [4.78, 5) is 4.34. The average Bonchev–Trinajstić information content (AvgIpc) is 2.52. The van der Waals surface area contributed by atoms with Gasteiger partial charge >= 0.3 is 0 Å². The van der Waals surface area contributed by atoms with Gasteiger partial charge in [-0.3, -0.25) is 0 Å². The van der Waals surface area contributed by atoms with Crippen LogP contribution in [0.15, 0.2) is 42.6 Å². The molecule has 0 aliphatic rings. The number of hydrogen-bond donors (Lipinski definition) is 1. The molecule has 0 atom stereocenters. The maximum Gasteiger partial charge on any atom is 0.125 e. The quantitative estimate of drug-likeness (QED) is 0.838. The Morgan fingerprint density at radius 2 is 1.80 bits per heavy atom. The molecule has 1 heterocycles. The number of rotatable bonds is 7. The Kier molecular flexibility index (Phi) is 5.24. The summed E-state index contributed by atoms with van der Waals surface area (Å²) >= 11 is 0. The number of aromatic nitrogens is 1. The van der Waals surface area contributed by atoms with Crippen LogP contribution in [0.3, 0.4) is 0 Å². The summed E-state index contributed by atoms with van der Waals surface area (Å²) in [7, 11) is 1.65. The molecule has 1 aromatic heterocycles. The molecule has 106 valence electrons. The van der Waals surface area contributed by atoms with Gasteiger partial charge < -0.3 is 14.8 Å². The fourth-order valence-corrected chi connectivity index (χ4v) is 1.71. The molecule has 0 amide bonds. The molecule has 0 bridgehead atoms. The number of anilines is 1. The first-order valence-electron chi connectivity index (χ1n) is 6.77. The Morgan fingerprint density at radius 1 is 1.05 bits per heavy atom. The number of nitrogens with zero attached hydrogens (tertiary/aromatic N) is 1. The third kappa shape index (κ3) is 4.16. The number of benzene rings is 1. The van der Waals surface area contributed by atoms with E-state index < -0.39 is 0 Å². The fraction of sp³-hybridized carbons (Fsp3) is 0.312. The van der Waals surface area contributed by atoms with Crippen molar-refractivity contribution in [2.24, 2.45) is 0 Å². The van der Waals surface area contributed by atoms with Crippen LogP contribution in [0.1, 0.15) is 18.9 Å². The van der Waals surface area contributed by atoms with E-state index in [4.69, 9.17) is 9.47 Å². The molecule has 4 nitrogen and oxygen atoms in total. The van der Waals surface area contributed by atoms with E-state index in [0.29, 0.717) is 6.61 Å². The Bertz CT molecular complexity index is 509. The molecule has 1 N–H and O–H groups in total. The van der Waals surface area contributed by atoms with Crippen LogP contribution in [0.25, 0.3) is 0 Å². The summed E-state index contributed by atoms with van der Waals surface area (Å²) in [5.74, 6) is 2.55. The van der Waals surface area contributed by atoms with Gasteiger partial charge in [0.25, 0.3) is 0 Å². The van der Waals surface area contributed by atoms with Crippen molar-refractivity contribution in [1.82, 2.24) is 4.98 Å². The molecule has 0 unspecified atom stereocenters. The molecule has 1 aromatic carbocycles. The van der Waals surface area contributed by atoms with E-state index >= 15 is 0 Å². The van der Waals surface area contributed by atoms with Crippen LogP contribution < -0.4 is 14.8 Å². The molecule has 0 radical (unpaired) electrons. The van der Waals surface area contributed by atoms with Crippen LogP contribution in [0.4, 0.5) is 5.82 Å². The molecular formula is C16H20N2O2. The number of hydrogen-bond acceptors (Lipinski definition) is 4. The minimum absolute atomic E-state index is 0.507. The summed E-state index contributed by atoms with van der Waals surface area (Å²) < 4.78 is 10.8. The lowest BCUT2D eigenvalue weighted by atomic mass is 10.3. The van der Waals surface area contributed by atoms with Crippen LogP contribution >= 0.6 is 0 Å². The zero-order valence-corrected chi connectivity index (χ0v) is 11.9. The lowest BCUT2D eigenvalue weighted by Gasteiger charge is -2.08. The Hall–Kier alpha value is -2.23. The summed E-state index contributed by atoms with van der Waals surface area (Å²) in [6, 6.07) is 11.5. The highest BCUT2D eigenvalue weighted by Crippen LogP contribution is 2.18. The van der Waals surface area contributed by atoms with Gasteiger partial charge in [0.1, 0.15) is 23.9 Å². The SMILES string of the molecule is CCCNc1ccc(COc2ccc(OC)cc2)cn1. The third-order valence-corrected chi connectivity index (χ3v) is 2.85. The number of pyridine rings is 1. The highest BCUT2D eigenvalue weighted by Gasteiger charge is 1.98. The predicted molar refractivity (Wildman–Crippen MR) is 80.3 cm³/mol. The molecule has 2 rings (SSSR count). The lowest BCUT2D eigenvalue weighted by molar-refractivity contribution is 0.305. The molecule has 0 aliphatic heterocycles. The second kappa shape index (κ2) is 7.38. The van der Waals surface area contributed by atoms with Gasteiger partial charge in [0, 0.05) is 18.3 Å². The smallest absolute Gasteiger partial charge is 0.125 e. The van der Waals surface area contributed by atoms with Gasteiger partial charge in [-0.05, 0) is 36.8 Å². The Labute approximate surface area is 119 Å². The normalized spacial score (nSPS) is 10.1. The van der Waals surface area contributed by atoms with E-state index in [-0.39, 0.29) is 0 Å². The summed E-state index contributed by atoms with van der Waals surface area (Å²) in [6.45, 7) is 3.58. The van der Waals surface area contributed by atoms with E-state index in [1.165, 1.54) is 0 Å². The molecule has 0 saturated heterocycles. The molecule has 0 saturated carbocycles. The van der Waals surface area contributed by atoms with Crippen molar-refractivity contribution < 1.29 is 9.47 Å². The number of methoxy groups -OCH3 is 1. The zero-order chi connectivity index (χ0) is 14.2. The fourth-order valence-electron chi connectivity index (χ4n) is 1.71. The monoisotopic (exact) mass is 272 g/mol. The van der Waals surface area contributed by atoms with Gasteiger partial charge in [-0.15, -0.1) is 0 Å². The molecule has 2 aromatic rings.